The second kappa shape index (κ2) is 45.5. The fourth-order valence-corrected chi connectivity index (χ4v) is 26.0. The third kappa shape index (κ3) is 27.2. The van der Waals surface area contributed by atoms with Gasteiger partial charge in [-0.15, -0.1) is 0 Å². The summed E-state index contributed by atoms with van der Waals surface area (Å²) in [5.74, 6) is 3.46. The minimum atomic E-state index is -2.24. The van der Waals surface area contributed by atoms with Gasteiger partial charge in [0.15, 0.2) is 25.0 Å². The molecule has 0 aromatic carbocycles. The first-order valence-electron chi connectivity index (χ1n) is 50.3. The average molecular weight is 1920 g/mol. The monoisotopic (exact) mass is 1920 g/mol. The second-order valence-electron chi connectivity index (χ2n) is 46.7. The number of aldehydes is 1. The lowest BCUT2D eigenvalue weighted by molar-refractivity contribution is -0.251. The van der Waals surface area contributed by atoms with Gasteiger partial charge in [-0.05, 0) is 255 Å². The van der Waals surface area contributed by atoms with Crippen molar-refractivity contribution < 1.29 is 80.1 Å². The minimum absolute atomic E-state index is 0.00174. The highest BCUT2D eigenvalue weighted by atomic mass is 127. The molecule has 0 aromatic heterocycles. The summed E-state index contributed by atoms with van der Waals surface area (Å²) in [5.41, 5.74) is 4.56. The van der Waals surface area contributed by atoms with Crippen LogP contribution in [0.4, 0.5) is 0 Å². The Balaban J connectivity index is 0.000000265. The number of fused-ring (bicyclic) bond motifs is 3. The lowest BCUT2D eigenvalue weighted by atomic mass is 9.76. The molecule has 13 aliphatic rings. The summed E-state index contributed by atoms with van der Waals surface area (Å²) in [6, 6.07) is 0. The highest BCUT2D eigenvalue weighted by Crippen LogP contribution is 2.52. The zero-order valence-corrected chi connectivity index (χ0v) is 88.8. The standard InChI is InChI=1S/C55H95IO9Si2.C50H84O8Si/c1-18-34(2)28-48-38(6)44(50(62-48)33-49-37(5)35(3)29-42(60-49)21-23-45-36(4)30-41(59-45)20-19-27-57)32-40(58)31-43-22-24-46-51(61-43)39(7)52(65-67(16,17)55(11,12)13)53(63-46)47(25-26-56)64-66(14,15)54(8,9)10;1-14-29(2)23-45-35(8)41-27-37(52)26-40-19-22-43-48(55-40)33(6)34(7)49(57-43)44(58-59(12,13)50(9,10)11)20-16-36(51)15-17-38-25-31(4)42(53-38)21-18-39-24-30(3)32(5)46(54-39)28-47(41)56-45/h25-27,34-35,38-39,41-53H,4-5,18-24,28-33H2,1-3,6-17H3;16,20,29-30,33-36,38-49,51H,4-5,14-15,17-19,21-28H2,1-3,6-13H3/b26-25+;20-16+/t34-,35-,38-,39+,41+,42?,43?,44-,45+,46+,47+,48-,49-,50+,51-,52+,53+;29-,30-,33-,34+,35-,36?,38+,39?,40?,41-,42+,43+,44+,45-,46-,47+,48-,49-/m11/s1. The van der Waals surface area contributed by atoms with Crippen LogP contribution in [0.5, 0.6) is 0 Å². The van der Waals surface area contributed by atoms with Gasteiger partial charge in [0.25, 0.3) is 0 Å². The number of ether oxygens (including phenoxy) is 10. The predicted octanol–water partition coefficient (Wildman–Crippen LogP) is 24.4. The van der Waals surface area contributed by atoms with Gasteiger partial charge in [0, 0.05) is 50.9 Å². The Labute approximate surface area is 782 Å². The number of aliphatic hydroxyl groups is 1. The Morgan fingerprint density at radius 1 is 0.532 bits per heavy atom. The Hall–Kier alpha value is -1.73. The molecule has 1 N–H and O–H groups in total. The molecule has 10 saturated heterocycles. The van der Waals surface area contributed by atoms with Gasteiger partial charge in [-0.1, -0.05) is 212 Å². The van der Waals surface area contributed by atoms with Gasteiger partial charge in [-0.2, -0.15) is 0 Å². The molecule has 21 heteroatoms. The average Bonchev–Trinajstić information content (AvgIpc) is 1.02. The maximum atomic E-state index is 14.5. The number of carbonyl (C=O) groups is 3. The first-order chi connectivity index (χ1) is 58.9. The number of Topliss-reactive ketones (excluding diaryl/α,β-unsaturated/α-hetero) is 2. The molecule has 13 rings (SSSR count). The van der Waals surface area contributed by atoms with E-state index >= 15 is 0 Å². The maximum absolute atomic E-state index is 14.5. The van der Waals surface area contributed by atoms with Gasteiger partial charge in [0.2, 0.25) is 0 Å². The molecule has 5 unspecified atom stereocenters. The van der Waals surface area contributed by atoms with Crippen molar-refractivity contribution in [2.24, 2.45) is 65.1 Å². The summed E-state index contributed by atoms with van der Waals surface area (Å²) >= 11 is 2.31. The van der Waals surface area contributed by atoms with Crippen molar-refractivity contribution >= 4 is 65.4 Å². The number of halogens is 1. The van der Waals surface area contributed by atoms with Gasteiger partial charge in [-0.3, -0.25) is 9.59 Å². The molecule has 0 radical (unpaired) electrons. The van der Waals surface area contributed by atoms with E-state index in [0.29, 0.717) is 68.6 Å². The van der Waals surface area contributed by atoms with Crippen molar-refractivity contribution in [1.82, 2.24) is 0 Å². The van der Waals surface area contributed by atoms with Crippen molar-refractivity contribution in [3.05, 3.63) is 70.9 Å². The van der Waals surface area contributed by atoms with Gasteiger partial charge < -0.3 is 70.5 Å². The number of aliphatic hydroxyl groups excluding tert-OH is 1. The van der Waals surface area contributed by atoms with E-state index in [1.165, 1.54) is 0 Å². The fourth-order valence-electron chi connectivity index (χ4n) is 21.7. The molecule has 720 valence electrons. The molecule has 0 spiro atoms. The third-order valence-corrected chi connectivity index (χ3v) is 48.0. The molecule has 0 aromatic rings. The van der Waals surface area contributed by atoms with Crippen LogP contribution in [0.3, 0.4) is 0 Å². The van der Waals surface area contributed by atoms with Crippen LogP contribution < -0.4 is 0 Å². The molecule has 13 heterocycles. The summed E-state index contributed by atoms with van der Waals surface area (Å²) in [5, 5.41) is 11.4. The first kappa shape index (κ1) is 106. The van der Waals surface area contributed by atoms with Gasteiger partial charge >= 0.3 is 0 Å². The SMILES string of the molecule is C=C1C[C@@H]2CCC(O)/C=C/[C@H](O[Si](C)(C)C(C)(C)C)[C@@H]3O[C@H]4CCC(CC(=O)C[C@@H]5[C@@H](C)[C@@H](C[C@H](C)CC)O[C@H]5C[C@H]5OC(CC[C@@H]1O2)C[C@@H](C)C5=C)O[C@@H]4[C@H](C)[C@@H]3C.C=C1C[C@H](CCC=O)O[C@H]1CCC1C[C@@H](C)C(=C)[C@@H](C[C@@H]2O[C@H](C[C@H](C)CC)[C@H](C)[C@H]2CC(=O)CC2CC[C@@H]3O[C@@H]([C@H](/C=C/I)O[Si](C)(C)C(C)(C)C)[C@@H](O[Si](C)(C)C(C)(C)C)[C@@H](C)[C@H]3O2)O1. The number of ketones is 2. The Kier molecular flexibility index (Phi) is 38.4. The van der Waals surface area contributed by atoms with Crippen LogP contribution >= 0.6 is 22.6 Å². The highest BCUT2D eigenvalue weighted by Gasteiger charge is 2.57. The molecule has 126 heavy (non-hydrogen) atoms. The molecule has 10 fully saturated rings. The smallest absolute Gasteiger partial charge is 0.193 e. The van der Waals surface area contributed by atoms with E-state index in [0.717, 1.165) is 151 Å². The number of hydrogen-bond donors (Lipinski definition) is 1. The summed E-state index contributed by atoms with van der Waals surface area (Å²) in [7, 11) is -6.62. The minimum Gasteiger partial charge on any atom is -0.411 e. The summed E-state index contributed by atoms with van der Waals surface area (Å²) in [6.45, 7) is 77.4. The van der Waals surface area contributed by atoms with E-state index in [1.807, 2.05) is 6.08 Å². The largest absolute Gasteiger partial charge is 0.411 e. The van der Waals surface area contributed by atoms with Gasteiger partial charge in [0.05, 0.1) is 140 Å². The fraction of sp³-hybridized carbons (Fsp3) is 0.857. The summed E-state index contributed by atoms with van der Waals surface area (Å²) < 4.78 is 92.6. The zero-order chi connectivity index (χ0) is 92.8. The molecule has 17 nitrogen and oxygen atoms in total. The molecule has 35 atom stereocenters. The lowest BCUT2D eigenvalue weighted by Gasteiger charge is -2.54. The number of rotatable bonds is 26. The highest BCUT2D eigenvalue weighted by molar-refractivity contribution is 14.1. The molecule has 13 aliphatic heterocycles. The quantitative estimate of drug-likeness (QED) is 0.0372. The van der Waals surface area contributed by atoms with E-state index in [1.54, 1.807) is 0 Å². The predicted molar refractivity (Wildman–Crippen MR) is 525 cm³/mol. The second-order valence-corrected chi connectivity index (χ2v) is 61.7. The van der Waals surface area contributed by atoms with Crippen molar-refractivity contribution in [1.29, 1.82) is 0 Å². The lowest BCUT2D eigenvalue weighted by Crippen LogP contribution is -2.64. The van der Waals surface area contributed by atoms with E-state index in [4.69, 9.17) is 60.6 Å². The molecular weight excluding hydrogens is 1740 g/mol. The maximum Gasteiger partial charge on any atom is 0.193 e. The molecule has 0 aliphatic carbocycles. The van der Waals surface area contributed by atoms with Crippen LogP contribution in [-0.2, 0) is 75.0 Å². The van der Waals surface area contributed by atoms with Crippen LogP contribution in [0.25, 0.3) is 0 Å². The normalized spacial score (nSPS) is 40.3. The van der Waals surface area contributed by atoms with E-state index in [-0.39, 0.29) is 208 Å². The van der Waals surface area contributed by atoms with E-state index < -0.39 is 31.1 Å². The molecule has 0 amide bonds. The van der Waals surface area contributed by atoms with Crippen molar-refractivity contribution in [2.75, 3.05) is 0 Å². The summed E-state index contributed by atoms with van der Waals surface area (Å²) in [4.78, 5) is 39.6. The van der Waals surface area contributed by atoms with Crippen LogP contribution in [0, 0.1) is 65.1 Å². The molecule has 0 saturated carbocycles. The third-order valence-electron chi connectivity index (χ3n) is 34.1. The van der Waals surface area contributed by atoms with Crippen LogP contribution in [0.2, 0.25) is 54.4 Å². The molecular formula is C105H179IO17Si3. The van der Waals surface area contributed by atoms with Crippen molar-refractivity contribution in [3.8, 4) is 0 Å². The van der Waals surface area contributed by atoms with Crippen molar-refractivity contribution in [2.45, 2.75) is 506 Å². The Bertz CT molecular complexity index is 3610. The van der Waals surface area contributed by atoms with E-state index in [2.05, 4.69) is 243 Å². The van der Waals surface area contributed by atoms with Crippen LogP contribution in [0.15, 0.2) is 70.9 Å². The van der Waals surface area contributed by atoms with Crippen LogP contribution in [-0.4, -0.2) is 194 Å². The zero-order valence-electron chi connectivity index (χ0n) is 83.7. The Morgan fingerprint density at radius 2 is 1.12 bits per heavy atom. The molecule has 8 bridgehead atoms. The topological polar surface area (TPSA) is 191 Å². The van der Waals surface area contributed by atoms with Gasteiger partial charge in [0.1, 0.15) is 24.0 Å². The van der Waals surface area contributed by atoms with E-state index in [9.17, 15) is 19.5 Å². The summed E-state index contributed by atoms with van der Waals surface area (Å²) in [6.07, 6.45) is 25.3. The van der Waals surface area contributed by atoms with Crippen molar-refractivity contribution in [3.63, 3.8) is 0 Å². The number of hydrogen-bond acceptors (Lipinski definition) is 17. The van der Waals surface area contributed by atoms with Gasteiger partial charge in [-0.25, -0.2) is 0 Å². The van der Waals surface area contributed by atoms with Crippen LogP contribution in [0.1, 0.15) is 305 Å². The Morgan fingerprint density at radius 3 is 1.77 bits per heavy atom. The first-order valence-corrected chi connectivity index (χ1v) is 60.3. The number of carbonyl (C=O) groups excluding carboxylic acids is 3.